The number of para-hydroxylation sites is 1. The van der Waals surface area contributed by atoms with Crippen LogP contribution in [0.15, 0.2) is 30.3 Å². The summed E-state index contributed by atoms with van der Waals surface area (Å²) in [6, 6.07) is 8.72. The summed E-state index contributed by atoms with van der Waals surface area (Å²) in [5.41, 5.74) is -0.790. The van der Waals surface area contributed by atoms with E-state index in [-0.39, 0.29) is 25.4 Å². The summed E-state index contributed by atoms with van der Waals surface area (Å²) in [5, 5.41) is 11.5. The predicted molar refractivity (Wildman–Crippen MR) is 81.7 cm³/mol. The highest BCUT2D eigenvalue weighted by Crippen LogP contribution is 2.34. The summed E-state index contributed by atoms with van der Waals surface area (Å²) in [5.74, 6) is -1.33. The van der Waals surface area contributed by atoms with Crippen molar-refractivity contribution in [3.8, 4) is 0 Å². The largest absolute Gasteiger partial charge is 0.481 e. The number of anilines is 1. The average Bonchev–Trinajstić information content (AvgIpc) is 2.53. The zero-order valence-electron chi connectivity index (χ0n) is 12.6. The lowest BCUT2D eigenvalue weighted by molar-refractivity contribution is -0.143. The van der Waals surface area contributed by atoms with Crippen LogP contribution in [0.4, 0.5) is 14.9 Å². The summed E-state index contributed by atoms with van der Waals surface area (Å²) >= 11 is 0. The Kier molecular flexibility index (Phi) is 5.00. The minimum Gasteiger partial charge on any atom is -0.481 e. The fraction of sp³-hybridized carbons (Fsp3) is 0.500. The lowest BCUT2D eigenvalue weighted by Gasteiger charge is -2.33. The molecular weight excluding hydrogens is 287 g/mol. The maximum Gasteiger partial charge on any atom is 0.321 e. The van der Waals surface area contributed by atoms with Gasteiger partial charge in [-0.3, -0.25) is 9.69 Å². The molecular formula is C16H21FN2O3. The molecule has 2 N–H and O–H groups in total. The van der Waals surface area contributed by atoms with Gasteiger partial charge in [-0.25, -0.2) is 9.18 Å². The maximum atomic E-state index is 14.6. The number of carboxylic acids is 1. The molecule has 0 aliphatic heterocycles. The molecule has 120 valence electrons. The molecule has 0 atom stereocenters. The summed E-state index contributed by atoms with van der Waals surface area (Å²) < 4.78 is 14.6. The summed E-state index contributed by atoms with van der Waals surface area (Å²) in [7, 11) is 1.62. The molecule has 0 spiro atoms. The Bertz CT molecular complexity index is 527. The van der Waals surface area contributed by atoms with Gasteiger partial charge in [0.05, 0.1) is 12.5 Å². The Balaban J connectivity index is 1.85. The zero-order valence-corrected chi connectivity index (χ0v) is 12.6. The number of nitrogens with one attached hydrogen (secondary N) is 1. The topological polar surface area (TPSA) is 69.6 Å². The Morgan fingerprint density at radius 3 is 2.45 bits per heavy atom. The Labute approximate surface area is 129 Å². The molecule has 22 heavy (non-hydrogen) atoms. The van der Waals surface area contributed by atoms with Gasteiger partial charge in [0.25, 0.3) is 0 Å². The van der Waals surface area contributed by atoms with Gasteiger partial charge in [0.1, 0.15) is 5.67 Å². The number of urea groups is 1. The van der Waals surface area contributed by atoms with Crippen molar-refractivity contribution in [2.45, 2.75) is 31.4 Å². The molecule has 1 aromatic rings. The number of benzene rings is 1. The lowest BCUT2D eigenvalue weighted by Crippen LogP contribution is -2.46. The quantitative estimate of drug-likeness (QED) is 0.898. The second-order valence-electron chi connectivity index (χ2n) is 5.82. The molecule has 0 radical (unpaired) electrons. The van der Waals surface area contributed by atoms with Gasteiger partial charge < -0.3 is 10.4 Å². The molecule has 0 unspecified atom stereocenters. The summed E-state index contributed by atoms with van der Waals surface area (Å²) in [6.07, 6.45) is 0.963. The summed E-state index contributed by atoms with van der Waals surface area (Å²) in [4.78, 5) is 24.4. The van der Waals surface area contributed by atoms with E-state index in [4.69, 9.17) is 5.11 Å². The van der Waals surface area contributed by atoms with Crippen LogP contribution in [-0.4, -0.2) is 36.4 Å². The molecule has 1 aromatic carbocycles. The Morgan fingerprint density at radius 1 is 1.32 bits per heavy atom. The van der Waals surface area contributed by atoms with Crippen molar-refractivity contribution >= 4 is 17.7 Å². The average molecular weight is 308 g/mol. The first-order valence-corrected chi connectivity index (χ1v) is 7.40. The highest BCUT2D eigenvalue weighted by molar-refractivity contribution is 5.91. The van der Waals surface area contributed by atoms with Gasteiger partial charge >= 0.3 is 12.0 Å². The van der Waals surface area contributed by atoms with E-state index in [1.807, 2.05) is 18.2 Å². The molecule has 1 aliphatic rings. The highest BCUT2D eigenvalue weighted by atomic mass is 19.1. The molecule has 0 aromatic heterocycles. The molecule has 1 fully saturated rings. The van der Waals surface area contributed by atoms with E-state index in [1.54, 1.807) is 19.2 Å². The Hall–Kier alpha value is -2.11. The van der Waals surface area contributed by atoms with Crippen LogP contribution < -0.4 is 10.2 Å². The number of carbonyl (C=O) groups is 2. The normalized spacial score (nSPS) is 24.5. The van der Waals surface area contributed by atoms with Crippen molar-refractivity contribution in [1.82, 2.24) is 5.32 Å². The molecule has 1 aliphatic carbocycles. The van der Waals surface area contributed by atoms with Crippen LogP contribution in [-0.2, 0) is 4.79 Å². The van der Waals surface area contributed by atoms with E-state index in [0.29, 0.717) is 12.8 Å². The number of hydrogen-bond donors (Lipinski definition) is 2. The fourth-order valence-electron chi connectivity index (χ4n) is 2.68. The van der Waals surface area contributed by atoms with Gasteiger partial charge in [-0.05, 0) is 37.8 Å². The molecule has 2 amide bonds. The molecule has 0 heterocycles. The monoisotopic (exact) mass is 308 g/mol. The van der Waals surface area contributed by atoms with Gasteiger partial charge in [0.2, 0.25) is 0 Å². The van der Waals surface area contributed by atoms with E-state index < -0.39 is 17.6 Å². The number of hydrogen-bond acceptors (Lipinski definition) is 2. The molecule has 1 saturated carbocycles. The van der Waals surface area contributed by atoms with Crippen molar-refractivity contribution in [2.24, 2.45) is 5.92 Å². The third-order valence-electron chi connectivity index (χ3n) is 4.24. The second kappa shape index (κ2) is 6.77. The van der Waals surface area contributed by atoms with Crippen LogP contribution in [0.25, 0.3) is 0 Å². The van der Waals surface area contributed by atoms with Gasteiger partial charge in [-0.1, -0.05) is 18.2 Å². The highest BCUT2D eigenvalue weighted by Gasteiger charge is 2.38. The number of carbonyl (C=O) groups excluding carboxylic acids is 1. The van der Waals surface area contributed by atoms with Crippen LogP contribution in [0.1, 0.15) is 25.7 Å². The van der Waals surface area contributed by atoms with Gasteiger partial charge in [0.15, 0.2) is 0 Å². The predicted octanol–water partition coefficient (Wildman–Crippen LogP) is 2.82. The third kappa shape index (κ3) is 3.96. The van der Waals surface area contributed by atoms with Crippen LogP contribution in [0.5, 0.6) is 0 Å². The standard InChI is InChI=1S/C16H21FN2O3/c1-19(13-5-3-2-4-6-13)15(22)18-11-16(17)9-7-12(8-10-16)14(20)21/h2-6,12H,7-11H2,1H3,(H,18,22)(H,20,21). The van der Waals surface area contributed by atoms with E-state index in [9.17, 15) is 14.0 Å². The number of alkyl halides is 1. The van der Waals surface area contributed by atoms with Gasteiger partial charge in [-0.15, -0.1) is 0 Å². The van der Waals surface area contributed by atoms with Crippen LogP contribution in [0, 0.1) is 5.92 Å². The van der Waals surface area contributed by atoms with Gasteiger partial charge in [0, 0.05) is 12.7 Å². The maximum absolute atomic E-state index is 14.6. The second-order valence-corrected chi connectivity index (χ2v) is 5.82. The van der Waals surface area contributed by atoms with Crippen molar-refractivity contribution in [1.29, 1.82) is 0 Å². The number of amides is 2. The third-order valence-corrected chi connectivity index (χ3v) is 4.24. The number of nitrogens with zero attached hydrogens (tertiary/aromatic N) is 1. The number of halogens is 1. The molecule has 5 nitrogen and oxygen atoms in total. The number of rotatable bonds is 4. The molecule has 0 bridgehead atoms. The van der Waals surface area contributed by atoms with Crippen molar-refractivity contribution in [2.75, 3.05) is 18.5 Å². The van der Waals surface area contributed by atoms with Crippen molar-refractivity contribution in [3.05, 3.63) is 30.3 Å². The minimum absolute atomic E-state index is 0.0880. The Morgan fingerprint density at radius 2 is 1.91 bits per heavy atom. The zero-order chi connectivity index (χ0) is 16.2. The first kappa shape index (κ1) is 16.3. The van der Waals surface area contributed by atoms with E-state index in [2.05, 4.69) is 5.32 Å². The van der Waals surface area contributed by atoms with E-state index >= 15 is 0 Å². The van der Waals surface area contributed by atoms with Crippen LogP contribution in [0.3, 0.4) is 0 Å². The number of carboxylic acid groups (broad SMARTS) is 1. The lowest BCUT2D eigenvalue weighted by atomic mass is 9.80. The minimum atomic E-state index is -1.51. The first-order valence-electron chi connectivity index (χ1n) is 7.40. The van der Waals surface area contributed by atoms with Gasteiger partial charge in [-0.2, -0.15) is 0 Å². The molecule has 0 saturated heterocycles. The SMILES string of the molecule is CN(C(=O)NCC1(F)CCC(C(=O)O)CC1)c1ccccc1. The van der Waals surface area contributed by atoms with E-state index in [1.165, 1.54) is 4.90 Å². The first-order chi connectivity index (χ1) is 10.4. The van der Waals surface area contributed by atoms with Crippen molar-refractivity contribution < 1.29 is 19.1 Å². The van der Waals surface area contributed by atoms with Crippen LogP contribution >= 0.6 is 0 Å². The molecule has 6 heteroatoms. The summed E-state index contributed by atoms with van der Waals surface area (Å²) in [6.45, 7) is -0.0880. The number of aliphatic carboxylic acids is 1. The van der Waals surface area contributed by atoms with E-state index in [0.717, 1.165) is 5.69 Å². The van der Waals surface area contributed by atoms with Crippen LogP contribution in [0.2, 0.25) is 0 Å². The fourth-order valence-corrected chi connectivity index (χ4v) is 2.68. The molecule has 2 rings (SSSR count). The van der Waals surface area contributed by atoms with Crippen molar-refractivity contribution in [3.63, 3.8) is 0 Å². The smallest absolute Gasteiger partial charge is 0.321 e.